The van der Waals surface area contributed by atoms with Crippen molar-refractivity contribution in [3.63, 3.8) is 0 Å². The van der Waals surface area contributed by atoms with Gasteiger partial charge in [-0.05, 0) is 24.1 Å². The summed E-state index contributed by atoms with van der Waals surface area (Å²) in [5, 5.41) is 11.1. The summed E-state index contributed by atoms with van der Waals surface area (Å²) in [6, 6.07) is 5.47. The van der Waals surface area contributed by atoms with Crippen LogP contribution in [0.3, 0.4) is 0 Å². The van der Waals surface area contributed by atoms with E-state index in [1.54, 1.807) is 6.07 Å². The molecule has 0 fully saturated rings. The summed E-state index contributed by atoms with van der Waals surface area (Å²) in [5.41, 5.74) is 1.06. The molecular weight excluding hydrogens is 271 g/mol. The highest BCUT2D eigenvalue weighted by atomic mass is 35.5. The molecule has 0 amide bonds. The van der Waals surface area contributed by atoms with Crippen LogP contribution in [0.4, 0.5) is 10.3 Å². The summed E-state index contributed by atoms with van der Waals surface area (Å²) >= 11 is 6.05. The van der Waals surface area contributed by atoms with Crippen LogP contribution in [0.5, 0.6) is 5.75 Å². The highest BCUT2D eigenvalue weighted by Crippen LogP contribution is 2.25. The Morgan fingerprint density at radius 2 is 2.32 bits per heavy atom. The van der Waals surface area contributed by atoms with Crippen LogP contribution >= 0.6 is 11.6 Å². The van der Waals surface area contributed by atoms with Gasteiger partial charge in [0.15, 0.2) is 0 Å². The van der Waals surface area contributed by atoms with Gasteiger partial charge in [0.1, 0.15) is 25.4 Å². The number of alkyl halides is 1. The molecule has 0 aliphatic rings. The van der Waals surface area contributed by atoms with Gasteiger partial charge in [-0.15, -0.1) is 10.2 Å². The average molecular weight is 285 g/mol. The first kappa shape index (κ1) is 13.6. The number of aromatic amines is 1. The summed E-state index contributed by atoms with van der Waals surface area (Å²) in [7, 11) is 0. The Labute approximate surface area is 115 Å². The second-order valence-corrected chi connectivity index (χ2v) is 4.22. The predicted molar refractivity (Wildman–Crippen MR) is 71.5 cm³/mol. The van der Waals surface area contributed by atoms with E-state index in [2.05, 4.69) is 20.5 Å². The van der Waals surface area contributed by atoms with Crippen LogP contribution in [0.15, 0.2) is 24.5 Å². The van der Waals surface area contributed by atoms with Crippen molar-refractivity contribution >= 4 is 17.5 Å². The Balaban J connectivity index is 1.85. The maximum atomic E-state index is 12.0. The maximum Gasteiger partial charge on any atom is 0.221 e. The number of hydrogen-bond acceptors (Lipinski definition) is 4. The fraction of sp³-hybridized carbons (Fsp3) is 0.333. The van der Waals surface area contributed by atoms with E-state index < -0.39 is 6.67 Å². The summed E-state index contributed by atoms with van der Waals surface area (Å²) in [6.07, 6.45) is 2.29. The topological polar surface area (TPSA) is 62.8 Å². The molecular formula is C12H14ClFN4O. The number of H-pyrrole nitrogens is 1. The predicted octanol–water partition coefficient (Wildman–Crippen LogP) is 2.46. The lowest BCUT2D eigenvalue weighted by Gasteiger charge is -2.08. The van der Waals surface area contributed by atoms with Gasteiger partial charge in [-0.3, -0.25) is 0 Å². The monoisotopic (exact) mass is 284 g/mol. The van der Waals surface area contributed by atoms with Crippen LogP contribution < -0.4 is 10.1 Å². The van der Waals surface area contributed by atoms with Gasteiger partial charge in [-0.1, -0.05) is 17.7 Å². The number of benzene rings is 1. The molecule has 102 valence electrons. The van der Waals surface area contributed by atoms with Crippen molar-refractivity contribution in [3.8, 4) is 5.75 Å². The minimum Gasteiger partial charge on any atom is -0.489 e. The molecule has 0 aliphatic carbocycles. The van der Waals surface area contributed by atoms with Gasteiger partial charge in [-0.2, -0.15) is 0 Å². The molecule has 0 spiro atoms. The lowest BCUT2D eigenvalue weighted by Crippen LogP contribution is -2.06. The van der Waals surface area contributed by atoms with Crippen molar-refractivity contribution in [1.29, 1.82) is 0 Å². The maximum absolute atomic E-state index is 12.0. The van der Waals surface area contributed by atoms with E-state index in [0.29, 0.717) is 23.3 Å². The van der Waals surface area contributed by atoms with Crippen molar-refractivity contribution < 1.29 is 9.13 Å². The first-order valence-electron chi connectivity index (χ1n) is 5.86. The average Bonchev–Trinajstić information content (AvgIpc) is 2.91. The summed E-state index contributed by atoms with van der Waals surface area (Å²) in [6.45, 7) is 0.196. The molecule has 19 heavy (non-hydrogen) atoms. The van der Waals surface area contributed by atoms with E-state index in [1.165, 1.54) is 6.33 Å². The van der Waals surface area contributed by atoms with Crippen LogP contribution in [-0.2, 0) is 6.42 Å². The van der Waals surface area contributed by atoms with Crippen molar-refractivity contribution in [1.82, 2.24) is 15.2 Å². The lowest BCUT2D eigenvalue weighted by molar-refractivity contribution is 0.273. The molecule has 0 saturated carbocycles. The number of hydrogen-bond donors (Lipinski definition) is 2. The fourth-order valence-electron chi connectivity index (χ4n) is 1.58. The largest absolute Gasteiger partial charge is 0.489 e. The molecule has 7 heteroatoms. The molecule has 1 aromatic heterocycles. The van der Waals surface area contributed by atoms with Crippen molar-refractivity contribution in [2.75, 3.05) is 25.1 Å². The van der Waals surface area contributed by atoms with Crippen LogP contribution in [0, 0.1) is 0 Å². The zero-order valence-electron chi connectivity index (χ0n) is 10.2. The highest BCUT2D eigenvalue weighted by Gasteiger charge is 2.03. The minimum atomic E-state index is -0.529. The SMILES string of the molecule is FCCOc1ccc(CCNc2nnc[nH]2)cc1Cl. The zero-order chi connectivity index (χ0) is 13.5. The Hall–Kier alpha value is -1.82. The number of nitrogens with one attached hydrogen (secondary N) is 2. The number of ether oxygens (including phenoxy) is 1. The van der Waals surface area contributed by atoms with Gasteiger partial charge >= 0.3 is 0 Å². The second kappa shape index (κ2) is 6.94. The third kappa shape index (κ3) is 4.10. The molecule has 1 aromatic carbocycles. The Kier molecular flexibility index (Phi) is 4.97. The van der Waals surface area contributed by atoms with Crippen LogP contribution in [-0.4, -0.2) is 35.0 Å². The molecule has 0 saturated heterocycles. The van der Waals surface area contributed by atoms with Gasteiger partial charge in [0.05, 0.1) is 5.02 Å². The van der Waals surface area contributed by atoms with Crippen molar-refractivity contribution in [2.24, 2.45) is 0 Å². The number of aromatic nitrogens is 3. The van der Waals surface area contributed by atoms with Gasteiger partial charge in [0.25, 0.3) is 0 Å². The van der Waals surface area contributed by atoms with E-state index in [0.717, 1.165) is 12.0 Å². The molecule has 2 rings (SSSR count). The summed E-state index contributed by atoms with van der Waals surface area (Å²) < 4.78 is 17.2. The van der Waals surface area contributed by atoms with Gasteiger partial charge in [0.2, 0.25) is 5.95 Å². The summed E-state index contributed by atoms with van der Waals surface area (Å²) in [4.78, 5) is 2.85. The zero-order valence-corrected chi connectivity index (χ0v) is 11.0. The normalized spacial score (nSPS) is 10.4. The summed E-state index contributed by atoms with van der Waals surface area (Å²) in [5.74, 6) is 1.14. The minimum absolute atomic E-state index is 0.0200. The van der Waals surface area contributed by atoms with Gasteiger partial charge in [0, 0.05) is 6.54 Å². The number of nitrogens with zero attached hydrogens (tertiary/aromatic N) is 2. The molecule has 2 aromatic rings. The molecule has 0 radical (unpaired) electrons. The fourth-order valence-corrected chi connectivity index (χ4v) is 1.84. The van der Waals surface area contributed by atoms with Crippen molar-refractivity contribution in [3.05, 3.63) is 35.1 Å². The second-order valence-electron chi connectivity index (χ2n) is 3.82. The van der Waals surface area contributed by atoms with E-state index in [9.17, 15) is 4.39 Å². The number of anilines is 1. The molecule has 5 nitrogen and oxygen atoms in total. The lowest BCUT2D eigenvalue weighted by atomic mass is 10.1. The smallest absolute Gasteiger partial charge is 0.221 e. The third-order valence-corrected chi connectivity index (χ3v) is 2.75. The number of rotatable bonds is 7. The van der Waals surface area contributed by atoms with E-state index in [-0.39, 0.29) is 6.61 Å². The first-order chi connectivity index (χ1) is 9.29. The first-order valence-corrected chi connectivity index (χ1v) is 6.24. The Morgan fingerprint density at radius 1 is 1.42 bits per heavy atom. The standard InChI is InChI=1S/C12H14ClFN4O/c13-10-7-9(1-2-11(10)19-6-4-14)3-5-15-12-16-8-17-18-12/h1-2,7-8H,3-6H2,(H2,15,16,17,18). The third-order valence-electron chi connectivity index (χ3n) is 2.45. The number of halogens is 2. The van der Waals surface area contributed by atoms with Crippen LogP contribution in [0.2, 0.25) is 5.02 Å². The Morgan fingerprint density at radius 3 is 3.00 bits per heavy atom. The Bertz CT molecular complexity index is 506. The molecule has 1 heterocycles. The molecule has 0 atom stereocenters. The van der Waals surface area contributed by atoms with Crippen LogP contribution in [0.1, 0.15) is 5.56 Å². The molecule has 0 bridgehead atoms. The molecule has 0 aliphatic heterocycles. The van der Waals surface area contributed by atoms with E-state index in [4.69, 9.17) is 16.3 Å². The van der Waals surface area contributed by atoms with Gasteiger partial charge in [-0.25, -0.2) is 4.39 Å². The quantitative estimate of drug-likeness (QED) is 0.820. The van der Waals surface area contributed by atoms with E-state index in [1.807, 2.05) is 12.1 Å². The molecule has 2 N–H and O–H groups in total. The highest BCUT2D eigenvalue weighted by molar-refractivity contribution is 6.32. The molecule has 0 unspecified atom stereocenters. The van der Waals surface area contributed by atoms with Crippen molar-refractivity contribution in [2.45, 2.75) is 6.42 Å². The van der Waals surface area contributed by atoms with Gasteiger partial charge < -0.3 is 15.0 Å². The van der Waals surface area contributed by atoms with E-state index >= 15 is 0 Å². The van der Waals surface area contributed by atoms with Crippen LogP contribution in [0.25, 0.3) is 0 Å².